The molecule has 10 heteroatoms. The van der Waals surface area contributed by atoms with Crippen molar-refractivity contribution in [1.29, 1.82) is 0 Å². The summed E-state index contributed by atoms with van der Waals surface area (Å²) in [5, 5.41) is 7.08. The van der Waals surface area contributed by atoms with Crippen molar-refractivity contribution in [2.75, 3.05) is 10.0 Å². The van der Waals surface area contributed by atoms with Crippen LogP contribution in [0.2, 0.25) is 0 Å². The highest BCUT2D eigenvalue weighted by atomic mass is 32.2. The van der Waals surface area contributed by atoms with E-state index in [1.807, 2.05) is 35.0 Å². The molecular weight excluding hydrogens is 452 g/mol. The van der Waals surface area contributed by atoms with Crippen LogP contribution in [0.15, 0.2) is 102 Å². The summed E-state index contributed by atoms with van der Waals surface area (Å²) in [6.45, 7) is 0.453. The monoisotopic (exact) mass is 472 g/mol. The third-order valence-corrected chi connectivity index (χ3v) is 6.46. The molecule has 0 fully saturated rings. The van der Waals surface area contributed by atoms with Crippen molar-refractivity contribution in [3.63, 3.8) is 0 Å². The molecule has 3 aromatic heterocycles. The largest absolute Gasteiger partial charge is 0.319 e. The van der Waals surface area contributed by atoms with Crippen LogP contribution in [0.3, 0.4) is 0 Å². The summed E-state index contributed by atoms with van der Waals surface area (Å²) in [5.41, 5.74) is 2.80. The first kappa shape index (κ1) is 21.4. The highest BCUT2D eigenvalue weighted by Gasteiger charge is 2.15. The SMILES string of the molecule is O=C(Nc1cnn(Cc2cn3ccccc3n2)c1)c1cccc(NS(=O)(=O)c2ccccc2)c1. The third-order valence-electron chi connectivity index (χ3n) is 5.06. The minimum absolute atomic E-state index is 0.142. The second-order valence-electron chi connectivity index (χ2n) is 7.58. The Balaban J connectivity index is 1.26. The zero-order valence-corrected chi connectivity index (χ0v) is 18.7. The Morgan fingerprint density at radius 2 is 1.74 bits per heavy atom. The molecule has 0 radical (unpaired) electrons. The quantitative estimate of drug-likeness (QED) is 0.376. The topological polar surface area (TPSA) is 110 Å². The molecule has 1 amide bonds. The van der Waals surface area contributed by atoms with Gasteiger partial charge in [-0.3, -0.25) is 14.2 Å². The smallest absolute Gasteiger partial charge is 0.261 e. The van der Waals surface area contributed by atoms with Crippen molar-refractivity contribution < 1.29 is 13.2 Å². The average molecular weight is 473 g/mol. The van der Waals surface area contributed by atoms with Crippen LogP contribution in [0, 0.1) is 0 Å². The number of benzene rings is 2. The lowest BCUT2D eigenvalue weighted by Crippen LogP contribution is -2.15. The molecule has 170 valence electrons. The van der Waals surface area contributed by atoms with Crippen LogP contribution in [0.4, 0.5) is 11.4 Å². The fourth-order valence-corrected chi connectivity index (χ4v) is 4.56. The number of hydrogen-bond donors (Lipinski definition) is 2. The number of imidazole rings is 1. The molecule has 0 aliphatic rings. The predicted octanol–water partition coefficient (Wildman–Crippen LogP) is 3.63. The summed E-state index contributed by atoms with van der Waals surface area (Å²) in [5.74, 6) is -0.381. The lowest BCUT2D eigenvalue weighted by Gasteiger charge is -2.09. The molecule has 9 nitrogen and oxygen atoms in total. The van der Waals surface area contributed by atoms with Gasteiger partial charge in [-0.25, -0.2) is 13.4 Å². The van der Waals surface area contributed by atoms with Gasteiger partial charge in [0.15, 0.2) is 0 Å². The standard InChI is InChI=1S/C24H20N6O3S/c31-24(18-7-6-8-19(13-18)28-34(32,33)22-9-2-1-3-10-22)27-20-14-25-30(16-20)17-21-15-29-12-5-4-11-23(29)26-21/h1-16,28H,17H2,(H,27,31). The fraction of sp³-hybridized carbons (Fsp3) is 0.0417. The molecule has 0 unspecified atom stereocenters. The number of hydrogen-bond acceptors (Lipinski definition) is 5. The van der Waals surface area contributed by atoms with Gasteiger partial charge in [0.2, 0.25) is 0 Å². The predicted molar refractivity (Wildman–Crippen MR) is 128 cm³/mol. The molecule has 0 atom stereocenters. The van der Waals surface area contributed by atoms with Crippen molar-refractivity contribution >= 4 is 33.0 Å². The number of nitrogens with zero attached hydrogens (tertiary/aromatic N) is 4. The van der Waals surface area contributed by atoms with E-state index in [2.05, 4.69) is 20.1 Å². The number of nitrogens with one attached hydrogen (secondary N) is 2. The van der Waals surface area contributed by atoms with Crippen LogP contribution in [-0.2, 0) is 16.6 Å². The summed E-state index contributed by atoms with van der Waals surface area (Å²) in [6, 6.07) is 20.1. The second-order valence-corrected chi connectivity index (χ2v) is 9.26. The number of fused-ring (bicyclic) bond motifs is 1. The van der Waals surface area contributed by atoms with Crippen LogP contribution in [0.25, 0.3) is 5.65 Å². The molecule has 2 aromatic carbocycles. The maximum atomic E-state index is 12.7. The van der Waals surface area contributed by atoms with Gasteiger partial charge in [0.25, 0.3) is 15.9 Å². The van der Waals surface area contributed by atoms with Gasteiger partial charge in [0, 0.05) is 29.8 Å². The Hall–Kier alpha value is -4.44. The summed E-state index contributed by atoms with van der Waals surface area (Å²) < 4.78 is 31.2. The number of pyridine rings is 1. The highest BCUT2D eigenvalue weighted by Crippen LogP contribution is 2.18. The van der Waals surface area contributed by atoms with Crippen LogP contribution >= 0.6 is 0 Å². The Bertz CT molecular complexity index is 1540. The molecule has 5 rings (SSSR count). The van der Waals surface area contributed by atoms with E-state index < -0.39 is 10.0 Å². The number of carbonyl (C=O) groups is 1. The van der Waals surface area contributed by atoms with Crippen LogP contribution in [-0.4, -0.2) is 33.5 Å². The number of amides is 1. The summed E-state index contributed by atoms with van der Waals surface area (Å²) in [6.07, 6.45) is 7.12. The average Bonchev–Trinajstić information content (AvgIpc) is 3.45. The van der Waals surface area contributed by atoms with Gasteiger partial charge in [-0.2, -0.15) is 5.10 Å². The van der Waals surface area contributed by atoms with Crippen molar-refractivity contribution in [3.8, 4) is 0 Å². The summed E-state index contributed by atoms with van der Waals surface area (Å²) in [4.78, 5) is 17.4. The number of anilines is 2. The molecular formula is C24H20N6O3S. The lowest BCUT2D eigenvalue weighted by molar-refractivity contribution is 0.102. The van der Waals surface area contributed by atoms with Gasteiger partial charge in [-0.05, 0) is 42.5 Å². The molecule has 2 N–H and O–H groups in total. The minimum atomic E-state index is -3.75. The Morgan fingerprint density at radius 3 is 2.56 bits per heavy atom. The molecule has 5 aromatic rings. The van der Waals surface area contributed by atoms with Crippen molar-refractivity contribution in [3.05, 3.63) is 109 Å². The van der Waals surface area contributed by atoms with Crippen LogP contribution < -0.4 is 10.0 Å². The van der Waals surface area contributed by atoms with E-state index in [0.29, 0.717) is 23.5 Å². The Morgan fingerprint density at radius 1 is 0.912 bits per heavy atom. The van der Waals surface area contributed by atoms with Gasteiger partial charge in [-0.1, -0.05) is 30.3 Å². The van der Waals surface area contributed by atoms with E-state index in [1.54, 1.807) is 53.5 Å². The van der Waals surface area contributed by atoms with E-state index in [0.717, 1.165) is 11.3 Å². The van der Waals surface area contributed by atoms with E-state index in [9.17, 15) is 13.2 Å². The van der Waals surface area contributed by atoms with Crippen molar-refractivity contribution in [1.82, 2.24) is 19.2 Å². The Labute approximate surface area is 195 Å². The number of sulfonamides is 1. The zero-order chi connectivity index (χ0) is 23.5. The van der Waals surface area contributed by atoms with E-state index in [-0.39, 0.29) is 10.8 Å². The minimum Gasteiger partial charge on any atom is -0.319 e. The van der Waals surface area contributed by atoms with Crippen molar-refractivity contribution in [2.24, 2.45) is 0 Å². The van der Waals surface area contributed by atoms with Gasteiger partial charge < -0.3 is 9.72 Å². The van der Waals surface area contributed by atoms with Crippen LogP contribution in [0.5, 0.6) is 0 Å². The molecule has 3 heterocycles. The number of aromatic nitrogens is 4. The number of rotatable bonds is 7. The second kappa shape index (κ2) is 8.83. The van der Waals surface area contributed by atoms with Crippen molar-refractivity contribution in [2.45, 2.75) is 11.4 Å². The van der Waals surface area contributed by atoms with Gasteiger partial charge >= 0.3 is 0 Å². The molecule has 34 heavy (non-hydrogen) atoms. The van der Waals surface area contributed by atoms with Gasteiger partial charge in [-0.15, -0.1) is 0 Å². The van der Waals surface area contributed by atoms with Gasteiger partial charge in [0.1, 0.15) is 5.65 Å². The first-order valence-corrected chi connectivity index (χ1v) is 11.9. The summed E-state index contributed by atoms with van der Waals surface area (Å²) >= 11 is 0. The normalized spacial score (nSPS) is 11.4. The van der Waals surface area contributed by atoms with E-state index in [4.69, 9.17) is 0 Å². The first-order valence-electron chi connectivity index (χ1n) is 10.4. The Kier molecular flexibility index (Phi) is 5.56. The first-order chi connectivity index (χ1) is 16.5. The molecule has 0 saturated heterocycles. The molecule has 0 spiro atoms. The lowest BCUT2D eigenvalue weighted by atomic mass is 10.2. The highest BCUT2D eigenvalue weighted by molar-refractivity contribution is 7.92. The molecule has 0 saturated carbocycles. The molecule has 0 aliphatic carbocycles. The van der Waals surface area contributed by atoms with Gasteiger partial charge in [0.05, 0.1) is 29.0 Å². The van der Waals surface area contributed by atoms with E-state index >= 15 is 0 Å². The fourth-order valence-electron chi connectivity index (χ4n) is 3.48. The molecule has 0 aliphatic heterocycles. The zero-order valence-electron chi connectivity index (χ0n) is 17.9. The number of carbonyl (C=O) groups excluding carboxylic acids is 1. The maximum Gasteiger partial charge on any atom is 0.261 e. The molecule has 0 bridgehead atoms. The third kappa shape index (κ3) is 4.66. The van der Waals surface area contributed by atoms with E-state index in [1.165, 1.54) is 18.2 Å². The summed E-state index contributed by atoms with van der Waals surface area (Å²) in [7, 11) is -3.75. The van der Waals surface area contributed by atoms with Crippen LogP contribution in [0.1, 0.15) is 16.1 Å². The maximum absolute atomic E-state index is 12.7.